The van der Waals surface area contributed by atoms with Gasteiger partial charge in [-0.3, -0.25) is 0 Å². The fraction of sp³-hybridized carbons (Fsp3) is 0.579. The molecule has 2 aliphatic carbocycles. The Morgan fingerprint density at radius 3 is 2.76 bits per heavy atom. The molecular weight excluding hydrogens is 258 g/mol. The molecule has 1 aromatic carbocycles. The first-order valence-corrected chi connectivity index (χ1v) is 8.47. The van der Waals surface area contributed by atoms with Gasteiger partial charge in [-0.1, -0.05) is 42.8 Å². The van der Waals surface area contributed by atoms with Crippen molar-refractivity contribution in [3.05, 3.63) is 47.5 Å². The monoisotopic (exact) mass is 283 g/mol. The van der Waals surface area contributed by atoms with Gasteiger partial charge in [0, 0.05) is 18.5 Å². The van der Waals surface area contributed by atoms with Crippen LogP contribution in [0.25, 0.3) is 0 Å². The van der Waals surface area contributed by atoms with Gasteiger partial charge in [0.05, 0.1) is 13.2 Å². The predicted octanol–water partition coefficient (Wildman–Crippen LogP) is 3.51. The summed E-state index contributed by atoms with van der Waals surface area (Å²) in [6.45, 7) is 2.73. The van der Waals surface area contributed by atoms with E-state index in [9.17, 15) is 0 Å². The molecule has 4 rings (SSSR count). The quantitative estimate of drug-likeness (QED) is 0.854. The zero-order chi connectivity index (χ0) is 14.1. The molecule has 2 heteroatoms. The normalized spacial score (nSPS) is 35.0. The van der Waals surface area contributed by atoms with Crippen molar-refractivity contribution in [2.75, 3.05) is 19.8 Å². The summed E-state index contributed by atoms with van der Waals surface area (Å²) in [5.41, 5.74) is 2.97. The van der Waals surface area contributed by atoms with E-state index >= 15 is 0 Å². The van der Waals surface area contributed by atoms with E-state index in [1.807, 2.05) is 0 Å². The molecule has 0 unspecified atom stereocenters. The second-order valence-electron chi connectivity index (χ2n) is 6.81. The minimum absolute atomic E-state index is 0.669. The predicted molar refractivity (Wildman–Crippen MR) is 85.3 cm³/mol. The van der Waals surface area contributed by atoms with Crippen molar-refractivity contribution in [1.29, 1.82) is 0 Å². The van der Waals surface area contributed by atoms with Crippen molar-refractivity contribution in [2.24, 2.45) is 11.8 Å². The van der Waals surface area contributed by atoms with Crippen LogP contribution in [0.1, 0.15) is 37.2 Å². The average Bonchev–Trinajstić information content (AvgIpc) is 2.94. The van der Waals surface area contributed by atoms with Crippen LogP contribution in [0, 0.1) is 11.8 Å². The summed E-state index contributed by atoms with van der Waals surface area (Å²) in [4.78, 5) is 0. The fourth-order valence-corrected chi connectivity index (χ4v) is 4.69. The molecule has 2 fully saturated rings. The Morgan fingerprint density at radius 2 is 1.95 bits per heavy atom. The molecule has 1 heterocycles. The molecule has 2 nitrogen and oxygen atoms in total. The maximum Gasteiger partial charge on any atom is 0.0689 e. The van der Waals surface area contributed by atoms with Gasteiger partial charge in [-0.25, -0.2) is 0 Å². The van der Waals surface area contributed by atoms with E-state index in [0.717, 1.165) is 43.9 Å². The van der Waals surface area contributed by atoms with Gasteiger partial charge in [0.15, 0.2) is 0 Å². The van der Waals surface area contributed by atoms with Gasteiger partial charge in [0.2, 0.25) is 0 Å². The second-order valence-corrected chi connectivity index (χ2v) is 6.81. The highest BCUT2D eigenvalue weighted by molar-refractivity contribution is 5.28. The molecule has 1 N–H and O–H groups in total. The number of fused-ring (bicyclic) bond motifs is 1. The Kier molecular flexibility index (Phi) is 3.83. The SMILES string of the molecule is C1=C(CN[C@@H]2[C@H]3CCC[C@H]3[C@H]2c2ccccc2)COCC1. The second kappa shape index (κ2) is 5.94. The van der Waals surface area contributed by atoms with Crippen LogP contribution < -0.4 is 5.32 Å². The van der Waals surface area contributed by atoms with Crippen molar-refractivity contribution >= 4 is 0 Å². The molecule has 0 spiro atoms. The number of ether oxygens (including phenoxy) is 1. The van der Waals surface area contributed by atoms with Crippen molar-refractivity contribution in [2.45, 2.75) is 37.6 Å². The van der Waals surface area contributed by atoms with Crippen LogP contribution >= 0.6 is 0 Å². The van der Waals surface area contributed by atoms with Gasteiger partial charge in [-0.15, -0.1) is 0 Å². The third-order valence-electron chi connectivity index (χ3n) is 5.67. The highest BCUT2D eigenvalue weighted by Gasteiger charge is 2.52. The third kappa shape index (κ3) is 2.56. The van der Waals surface area contributed by atoms with Crippen LogP contribution in [0.15, 0.2) is 42.0 Å². The van der Waals surface area contributed by atoms with Gasteiger partial charge in [0.25, 0.3) is 0 Å². The van der Waals surface area contributed by atoms with Crippen LogP contribution in [0.3, 0.4) is 0 Å². The lowest BCUT2D eigenvalue weighted by atomic mass is 9.60. The summed E-state index contributed by atoms with van der Waals surface area (Å²) >= 11 is 0. The minimum atomic E-state index is 0.669. The summed E-state index contributed by atoms with van der Waals surface area (Å²) in [6, 6.07) is 11.8. The lowest BCUT2D eigenvalue weighted by Gasteiger charge is -2.50. The van der Waals surface area contributed by atoms with Crippen LogP contribution in [0.5, 0.6) is 0 Å². The van der Waals surface area contributed by atoms with Crippen LogP contribution in [0.4, 0.5) is 0 Å². The number of benzene rings is 1. The van der Waals surface area contributed by atoms with E-state index in [2.05, 4.69) is 41.7 Å². The molecule has 0 radical (unpaired) electrons. The molecule has 21 heavy (non-hydrogen) atoms. The van der Waals surface area contributed by atoms with E-state index in [1.54, 1.807) is 0 Å². The Labute approximate surface area is 127 Å². The highest BCUT2D eigenvalue weighted by atomic mass is 16.5. The lowest BCUT2D eigenvalue weighted by Crippen LogP contribution is -2.55. The molecule has 112 valence electrons. The third-order valence-corrected chi connectivity index (χ3v) is 5.67. The molecule has 2 saturated carbocycles. The van der Waals surface area contributed by atoms with Crippen LogP contribution in [-0.2, 0) is 4.74 Å². The van der Waals surface area contributed by atoms with Crippen molar-refractivity contribution in [3.8, 4) is 0 Å². The van der Waals surface area contributed by atoms with Crippen molar-refractivity contribution < 1.29 is 4.74 Å². The molecule has 0 amide bonds. The first-order valence-electron chi connectivity index (χ1n) is 8.47. The van der Waals surface area contributed by atoms with E-state index in [0.29, 0.717) is 6.04 Å². The van der Waals surface area contributed by atoms with E-state index < -0.39 is 0 Å². The minimum Gasteiger partial charge on any atom is -0.377 e. The van der Waals surface area contributed by atoms with Gasteiger partial charge in [-0.2, -0.15) is 0 Å². The van der Waals surface area contributed by atoms with E-state index in [-0.39, 0.29) is 0 Å². The topological polar surface area (TPSA) is 21.3 Å². The molecular formula is C19H25NO. The van der Waals surface area contributed by atoms with Crippen molar-refractivity contribution in [3.63, 3.8) is 0 Å². The summed E-state index contributed by atoms with van der Waals surface area (Å²) in [6.07, 6.45) is 7.70. The van der Waals surface area contributed by atoms with Crippen molar-refractivity contribution in [1.82, 2.24) is 5.32 Å². The Bertz CT molecular complexity index is 510. The molecule has 0 saturated heterocycles. The molecule has 1 aliphatic heterocycles. The summed E-state index contributed by atoms with van der Waals surface area (Å²) in [5, 5.41) is 3.86. The average molecular weight is 283 g/mol. The maximum absolute atomic E-state index is 5.56. The highest BCUT2D eigenvalue weighted by Crippen LogP contribution is 2.55. The first kappa shape index (κ1) is 13.5. The van der Waals surface area contributed by atoms with Gasteiger partial charge >= 0.3 is 0 Å². The summed E-state index contributed by atoms with van der Waals surface area (Å²) < 4.78 is 5.56. The smallest absolute Gasteiger partial charge is 0.0689 e. The zero-order valence-corrected chi connectivity index (χ0v) is 12.6. The molecule has 0 aromatic heterocycles. The Balaban J connectivity index is 1.46. The number of hydrogen-bond acceptors (Lipinski definition) is 2. The maximum atomic E-state index is 5.56. The zero-order valence-electron chi connectivity index (χ0n) is 12.6. The van der Waals surface area contributed by atoms with Gasteiger partial charge < -0.3 is 10.1 Å². The number of nitrogens with one attached hydrogen (secondary N) is 1. The number of rotatable bonds is 4. The molecule has 1 aromatic rings. The van der Waals surface area contributed by atoms with E-state index in [1.165, 1.54) is 30.4 Å². The van der Waals surface area contributed by atoms with E-state index in [4.69, 9.17) is 4.74 Å². The van der Waals surface area contributed by atoms with Gasteiger partial charge in [0.1, 0.15) is 0 Å². The molecule has 0 bridgehead atoms. The standard InChI is InChI=1S/C19H25NO/c1-2-7-15(8-3-1)18-16-9-4-10-17(16)19(18)20-12-14-6-5-11-21-13-14/h1-3,6-8,16-20H,4-5,9-13H2/t16-,17+,18-,19-/m1/s1. The first-order chi connectivity index (χ1) is 10.4. The summed E-state index contributed by atoms with van der Waals surface area (Å²) in [7, 11) is 0. The molecule has 4 atom stereocenters. The fourth-order valence-electron chi connectivity index (χ4n) is 4.69. The Morgan fingerprint density at radius 1 is 1.10 bits per heavy atom. The Hall–Kier alpha value is -1.12. The largest absolute Gasteiger partial charge is 0.377 e. The molecule has 3 aliphatic rings. The van der Waals surface area contributed by atoms with Crippen LogP contribution in [-0.4, -0.2) is 25.8 Å². The lowest BCUT2D eigenvalue weighted by molar-refractivity contribution is 0.0946. The van der Waals surface area contributed by atoms with Crippen LogP contribution in [0.2, 0.25) is 0 Å². The number of hydrogen-bond donors (Lipinski definition) is 1. The van der Waals surface area contributed by atoms with Gasteiger partial charge in [-0.05, 0) is 42.2 Å². The summed E-state index contributed by atoms with van der Waals surface area (Å²) in [5.74, 6) is 2.55.